The lowest BCUT2D eigenvalue weighted by molar-refractivity contribution is 0.0415. The van der Waals surface area contributed by atoms with Gasteiger partial charge in [0, 0.05) is 71.3 Å². The zero-order valence-electron chi connectivity index (χ0n) is 15.9. The van der Waals surface area contributed by atoms with Crippen LogP contribution >= 0.6 is 0 Å². The largest absolute Gasteiger partial charge is 0.381 e. The summed E-state index contributed by atoms with van der Waals surface area (Å²) in [5.41, 5.74) is 2.87. The zero-order chi connectivity index (χ0) is 17.6. The van der Waals surface area contributed by atoms with Crippen LogP contribution in [0.2, 0.25) is 0 Å². The van der Waals surface area contributed by atoms with Crippen molar-refractivity contribution in [2.45, 2.75) is 19.4 Å². The van der Waals surface area contributed by atoms with E-state index in [1.165, 1.54) is 56.8 Å². The Hall–Kier alpha value is -1.14. The molecule has 4 rings (SSSR count). The highest BCUT2D eigenvalue weighted by atomic mass is 16.5. The summed E-state index contributed by atoms with van der Waals surface area (Å²) in [6.07, 6.45) is 2.49. The van der Waals surface area contributed by atoms with Gasteiger partial charge < -0.3 is 19.3 Å². The quantitative estimate of drug-likeness (QED) is 0.803. The summed E-state index contributed by atoms with van der Waals surface area (Å²) in [5.74, 6) is 0.845. The molecule has 3 aliphatic rings. The molecule has 0 bridgehead atoms. The van der Waals surface area contributed by atoms with E-state index in [0.29, 0.717) is 0 Å². The maximum atomic E-state index is 5.52. The molecule has 1 aromatic rings. The van der Waals surface area contributed by atoms with Gasteiger partial charge in [0.2, 0.25) is 0 Å². The van der Waals surface area contributed by atoms with Gasteiger partial charge in [-0.1, -0.05) is 18.2 Å². The van der Waals surface area contributed by atoms with Crippen molar-refractivity contribution in [2.75, 3.05) is 77.1 Å². The number of ether oxygens (including phenoxy) is 2. The topological polar surface area (TPSA) is 28.2 Å². The highest BCUT2D eigenvalue weighted by Crippen LogP contribution is 2.24. The number of hydrogen-bond acceptors (Lipinski definition) is 5. The fourth-order valence-corrected chi connectivity index (χ4v) is 4.42. The Kier molecular flexibility index (Phi) is 6.44. The number of anilines is 1. The van der Waals surface area contributed by atoms with Crippen molar-refractivity contribution >= 4 is 5.69 Å². The lowest BCUT2D eigenvalue weighted by Crippen LogP contribution is -2.47. The Balaban J connectivity index is 1.29. The molecule has 0 saturated carbocycles. The molecule has 5 nitrogen and oxygen atoms in total. The smallest absolute Gasteiger partial charge is 0.0642 e. The van der Waals surface area contributed by atoms with E-state index >= 15 is 0 Å². The van der Waals surface area contributed by atoms with Crippen LogP contribution in [0.1, 0.15) is 18.4 Å². The third-order valence-electron chi connectivity index (χ3n) is 6.06. The molecule has 26 heavy (non-hydrogen) atoms. The molecule has 3 heterocycles. The van der Waals surface area contributed by atoms with Crippen molar-refractivity contribution in [3.63, 3.8) is 0 Å². The highest BCUT2D eigenvalue weighted by Gasteiger charge is 2.23. The van der Waals surface area contributed by atoms with E-state index in [1.54, 1.807) is 0 Å². The van der Waals surface area contributed by atoms with Crippen LogP contribution < -0.4 is 4.90 Å². The first-order valence-electron chi connectivity index (χ1n) is 10.3. The van der Waals surface area contributed by atoms with Gasteiger partial charge in [0.05, 0.1) is 13.2 Å². The fourth-order valence-electron chi connectivity index (χ4n) is 4.42. The summed E-state index contributed by atoms with van der Waals surface area (Å²) in [6, 6.07) is 8.93. The molecule has 3 fully saturated rings. The molecule has 144 valence electrons. The third-order valence-corrected chi connectivity index (χ3v) is 6.06. The molecule has 0 radical (unpaired) electrons. The molecule has 0 aliphatic carbocycles. The second-order valence-electron chi connectivity index (χ2n) is 7.86. The minimum atomic E-state index is 0.845. The van der Waals surface area contributed by atoms with E-state index in [0.717, 1.165) is 52.0 Å². The van der Waals surface area contributed by atoms with Gasteiger partial charge in [0.25, 0.3) is 0 Å². The monoisotopic (exact) mass is 359 g/mol. The van der Waals surface area contributed by atoms with E-state index in [-0.39, 0.29) is 0 Å². The first-order chi connectivity index (χ1) is 12.9. The summed E-state index contributed by atoms with van der Waals surface area (Å²) in [7, 11) is 0. The molecule has 0 amide bonds. The average Bonchev–Trinajstić information content (AvgIpc) is 2.71. The van der Waals surface area contributed by atoms with E-state index in [2.05, 4.69) is 39.0 Å². The van der Waals surface area contributed by atoms with Crippen LogP contribution in [-0.4, -0.2) is 82.0 Å². The Morgan fingerprint density at radius 3 is 2.19 bits per heavy atom. The molecule has 0 N–H and O–H groups in total. The van der Waals surface area contributed by atoms with Gasteiger partial charge in [0.1, 0.15) is 0 Å². The van der Waals surface area contributed by atoms with Gasteiger partial charge in [0.15, 0.2) is 0 Å². The van der Waals surface area contributed by atoms with Gasteiger partial charge in [-0.2, -0.15) is 0 Å². The first-order valence-corrected chi connectivity index (χ1v) is 10.3. The first kappa shape index (κ1) is 18.2. The maximum absolute atomic E-state index is 5.52. The second kappa shape index (κ2) is 9.18. The SMILES string of the molecule is c1ccc(N2CCOCC2)c(CN2CCN(CC3CCOCC3)CC2)c1. The minimum Gasteiger partial charge on any atom is -0.381 e. The minimum absolute atomic E-state index is 0.845. The predicted octanol–water partition coefficient (Wildman–Crippen LogP) is 2.07. The third kappa shape index (κ3) is 4.77. The summed E-state index contributed by atoms with van der Waals surface area (Å²) in [4.78, 5) is 7.78. The standard InChI is InChI=1S/C21H33N3O2/c1-2-4-21(24-11-15-26-16-12-24)20(3-1)18-23-9-7-22(8-10-23)17-19-5-13-25-14-6-19/h1-4,19H,5-18H2. The second-order valence-corrected chi connectivity index (χ2v) is 7.86. The molecule has 3 saturated heterocycles. The Morgan fingerprint density at radius 2 is 1.42 bits per heavy atom. The van der Waals surface area contributed by atoms with Crippen molar-refractivity contribution in [2.24, 2.45) is 5.92 Å². The normalized spacial score (nSPS) is 24.1. The van der Waals surface area contributed by atoms with E-state index in [4.69, 9.17) is 9.47 Å². The maximum Gasteiger partial charge on any atom is 0.0642 e. The molecule has 5 heteroatoms. The van der Waals surface area contributed by atoms with E-state index < -0.39 is 0 Å². The molecule has 0 spiro atoms. The van der Waals surface area contributed by atoms with Crippen LogP contribution in [0.4, 0.5) is 5.69 Å². The number of benzene rings is 1. The van der Waals surface area contributed by atoms with Crippen molar-refractivity contribution in [3.8, 4) is 0 Å². The lowest BCUT2D eigenvalue weighted by Gasteiger charge is -2.38. The predicted molar refractivity (Wildman–Crippen MR) is 105 cm³/mol. The number of piperazine rings is 1. The average molecular weight is 360 g/mol. The Labute approximate surface area is 157 Å². The lowest BCUT2D eigenvalue weighted by atomic mass is 9.99. The molecule has 3 aliphatic heterocycles. The molecule has 0 aromatic heterocycles. The number of nitrogens with zero attached hydrogens (tertiary/aromatic N) is 3. The van der Waals surface area contributed by atoms with Crippen LogP contribution in [0.5, 0.6) is 0 Å². The van der Waals surface area contributed by atoms with Gasteiger partial charge in [-0.15, -0.1) is 0 Å². The van der Waals surface area contributed by atoms with Crippen LogP contribution in [0.3, 0.4) is 0 Å². The molecular weight excluding hydrogens is 326 g/mol. The van der Waals surface area contributed by atoms with Crippen LogP contribution in [-0.2, 0) is 16.0 Å². The van der Waals surface area contributed by atoms with Gasteiger partial charge in [-0.25, -0.2) is 0 Å². The fraction of sp³-hybridized carbons (Fsp3) is 0.714. The summed E-state index contributed by atoms with van der Waals surface area (Å²) >= 11 is 0. The van der Waals surface area contributed by atoms with Crippen LogP contribution in [0.15, 0.2) is 24.3 Å². The van der Waals surface area contributed by atoms with Crippen molar-refractivity contribution < 1.29 is 9.47 Å². The van der Waals surface area contributed by atoms with Gasteiger partial charge in [-0.3, -0.25) is 4.90 Å². The zero-order valence-corrected chi connectivity index (χ0v) is 15.9. The van der Waals surface area contributed by atoms with Crippen LogP contribution in [0, 0.1) is 5.92 Å². The summed E-state index contributed by atoms with van der Waals surface area (Å²) in [5, 5.41) is 0. The molecule has 0 atom stereocenters. The van der Waals surface area contributed by atoms with Gasteiger partial charge >= 0.3 is 0 Å². The highest BCUT2D eigenvalue weighted by molar-refractivity contribution is 5.53. The Bertz CT molecular complexity index is 548. The van der Waals surface area contributed by atoms with E-state index in [1.807, 2.05) is 0 Å². The molecule has 1 aromatic carbocycles. The summed E-state index contributed by atoms with van der Waals surface area (Å²) < 4.78 is 11.0. The number of rotatable bonds is 5. The van der Waals surface area contributed by atoms with Crippen molar-refractivity contribution in [1.29, 1.82) is 0 Å². The number of morpholine rings is 1. The number of para-hydroxylation sites is 1. The van der Waals surface area contributed by atoms with Crippen LogP contribution in [0.25, 0.3) is 0 Å². The van der Waals surface area contributed by atoms with E-state index in [9.17, 15) is 0 Å². The van der Waals surface area contributed by atoms with Crippen molar-refractivity contribution in [1.82, 2.24) is 9.80 Å². The number of hydrogen-bond donors (Lipinski definition) is 0. The molecule has 0 unspecified atom stereocenters. The Morgan fingerprint density at radius 1 is 0.769 bits per heavy atom. The van der Waals surface area contributed by atoms with Gasteiger partial charge in [-0.05, 0) is 30.4 Å². The molecular formula is C21H33N3O2. The van der Waals surface area contributed by atoms with Crippen molar-refractivity contribution in [3.05, 3.63) is 29.8 Å². The summed E-state index contributed by atoms with van der Waals surface area (Å²) in [6.45, 7) is 12.7.